The first kappa shape index (κ1) is 11.4. The molecule has 6 heteroatoms. The van der Waals surface area contributed by atoms with Crippen molar-refractivity contribution in [3.05, 3.63) is 0 Å². The molecule has 13 heavy (non-hydrogen) atoms. The fourth-order valence-electron chi connectivity index (χ4n) is 1.09. The van der Waals surface area contributed by atoms with Crippen LogP contribution >= 0.6 is 15.9 Å². The summed E-state index contributed by atoms with van der Waals surface area (Å²) in [6, 6.07) is 0. The second-order valence-corrected chi connectivity index (χ2v) is 3.60. The van der Waals surface area contributed by atoms with Crippen molar-refractivity contribution in [2.75, 3.05) is 18.5 Å². The van der Waals surface area contributed by atoms with Crippen LogP contribution in [0, 0.1) is 0 Å². The van der Waals surface area contributed by atoms with E-state index in [0.717, 1.165) is 0 Å². The van der Waals surface area contributed by atoms with Crippen molar-refractivity contribution in [3.63, 3.8) is 0 Å². The molecule has 0 amide bonds. The maximum absolute atomic E-state index is 9.36. The van der Waals surface area contributed by atoms with E-state index >= 15 is 0 Å². The Hall–Kier alpha value is 0.280. The molecule has 5 nitrogen and oxygen atoms in total. The minimum Gasteiger partial charge on any atom is -0.388 e. The first-order valence-corrected chi connectivity index (χ1v) is 5.12. The second-order valence-electron chi connectivity index (χ2n) is 2.81. The van der Waals surface area contributed by atoms with Gasteiger partial charge in [0, 0.05) is 5.33 Å². The van der Waals surface area contributed by atoms with Crippen molar-refractivity contribution in [1.82, 2.24) is 0 Å². The molecule has 1 heterocycles. The normalized spacial score (nSPS) is 40.6. The number of aliphatic hydroxyl groups excluding tert-OH is 3. The van der Waals surface area contributed by atoms with Gasteiger partial charge in [-0.3, -0.25) is 0 Å². The molecule has 0 aromatic rings. The van der Waals surface area contributed by atoms with Crippen LogP contribution in [0.1, 0.15) is 0 Å². The first-order chi connectivity index (χ1) is 6.16. The van der Waals surface area contributed by atoms with Crippen molar-refractivity contribution in [3.8, 4) is 0 Å². The summed E-state index contributed by atoms with van der Waals surface area (Å²) in [6.07, 6.45) is -4.29. The fourth-order valence-corrected chi connectivity index (χ4v) is 1.27. The van der Waals surface area contributed by atoms with Gasteiger partial charge in [0.1, 0.15) is 18.3 Å². The summed E-state index contributed by atoms with van der Waals surface area (Å²) >= 11 is 3.15. The summed E-state index contributed by atoms with van der Waals surface area (Å²) in [5.74, 6) is 0. The Balaban J connectivity index is 2.39. The Kier molecular flexibility index (Phi) is 4.57. The van der Waals surface area contributed by atoms with Crippen LogP contribution < -0.4 is 0 Å². The zero-order chi connectivity index (χ0) is 9.84. The lowest BCUT2D eigenvalue weighted by Gasteiger charge is -2.34. The lowest BCUT2D eigenvalue weighted by Crippen LogP contribution is -2.53. The van der Waals surface area contributed by atoms with E-state index in [2.05, 4.69) is 15.9 Å². The SMILES string of the molecule is O[C@@H]1[C@H](O)COC(OCCBr)[C@@H]1O. The standard InChI is InChI=1S/C7H13BrO5/c8-1-2-12-7-6(11)5(10)4(9)3-13-7/h4-7,9-11H,1-3H2/t4-,5-,6-,7?/m1/s1. The van der Waals surface area contributed by atoms with E-state index in [9.17, 15) is 10.2 Å². The lowest BCUT2D eigenvalue weighted by molar-refractivity contribution is -0.268. The largest absolute Gasteiger partial charge is 0.388 e. The average molecular weight is 257 g/mol. The Morgan fingerprint density at radius 1 is 1.31 bits per heavy atom. The molecule has 78 valence electrons. The topological polar surface area (TPSA) is 79.2 Å². The number of aliphatic hydroxyl groups is 3. The van der Waals surface area contributed by atoms with Crippen LogP contribution in [0.4, 0.5) is 0 Å². The minimum atomic E-state index is -1.20. The average Bonchev–Trinajstić information content (AvgIpc) is 2.13. The highest BCUT2D eigenvalue weighted by Gasteiger charge is 2.37. The molecule has 0 aromatic heterocycles. The predicted molar refractivity (Wildman–Crippen MR) is 47.5 cm³/mol. The summed E-state index contributed by atoms with van der Waals surface area (Å²) in [6.45, 7) is 0.357. The molecule has 0 saturated carbocycles. The van der Waals surface area contributed by atoms with Gasteiger partial charge in [0.05, 0.1) is 13.2 Å². The van der Waals surface area contributed by atoms with Crippen LogP contribution in [0.5, 0.6) is 0 Å². The van der Waals surface area contributed by atoms with Gasteiger partial charge in [-0.1, -0.05) is 15.9 Å². The fraction of sp³-hybridized carbons (Fsp3) is 1.00. The molecule has 0 aliphatic carbocycles. The minimum absolute atomic E-state index is 0.0226. The smallest absolute Gasteiger partial charge is 0.186 e. The maximum Gasteiger partial charge on any atom is 0.186 e. The van der Waals surface area contributed by atoms with Crippen LogP contribution in [0.15, 0.2) is 0 Å². The van der Waals surface area contributed by atoms with Gasteiger partial charge in [0.2, 0.25) is 0 Å². The number of rotatable bonds is 3. The van der Waals surface area contributed by atoms with Gasteiger partial charge in [-0.25, -0.2) is 0 Å². The van der Waals surface area contributed by atoms with Crippen molar-refractivity contribution in [2.24, 2.45) is 0 Å². The molecule has 1 saturated heterocycles. The van der Waals surface area contributed by atoms with E-state index in [1.165, 1.54) is 0 Å². The third-order valence-electron chi connectivity index (χ3n) is 1.81. The molecule has 0 radical (unpaired) electrons. The highest BCUT2D eigenvalue weighted by Crippen LogP contribution is 2.16. The molecule has 0 aromatic carbocycles. The van der Waals surface area contributed by atoms with E-state index in [1.807, 2.05) is 0 Å². The zero-order valence-electron chi connectivity index (χ0n) is 6.97. The molecule has 3 N–H and O–H groups in total. The van der Waals surface area contributed by atoms with Crippen molar-refractivity contribution in [2.45, 2.75) is 24.6 Å². The summed E-state index contributed by atoms with van der Waals surface area (Å²) in [4.78, 5) is 0. The van der Waals surface area contributed by atoms with Gasteiger partial charge in [-0.05, 0) is 0 Å². The van der Waals surface area contributed by atoms with Gasteiger partial charge in [-0.15, -0.1) is 0 Å². The maximum atomic E-state index is 9.36. The quantitative estimate of drug-likeness (QED) is 0.556. The van der Waals surface area contributed by atoms with Crippen molar-refractivity contribution >= 4 is 15.9 Å². The number of ether oxygens (including phenoxy) is 2. The molecule has 0 spiro atoms. The number of alkyl halides is 1. The van der Waals surface area contributed by atoms with E-state index in [1.54, 1.807) is 0 Å². The summed E-state index contributed by atoms with van der Waals surface area (Å²) in [7, 11) is 0. The van der Waals surface area contributed by atoms with Crippen LogP contribution in [0.25, 0.3) is 0 Å². The summed E-state index contributed by atoms with van der Waals surface area (Å²) < 4.78 is 10.0. The highest BCUT2D eigenvalue weighted by molar-refractivity contribution is 9.09. The van der Waals surface area contributed by atoms with Crippen LogP contribution in [-0.2, 0) is 9.47 Å². The Bertz CT molecular complexity index is 154. The van der Waals surface area contributed by atoms with Gasteiger partial charge in [0.25, 0.3) is 0 Å². The lowest BCUT2D eigenvalue weighted by atomic mass is 10.1. The number of halogens is 1. The summed E-state index contributed by atoms with van der Waals surface area (Å²) in [5.41, 5.74) is 0. The Labute approximate surface area is 84.4 Å². The van der Waals surface area contributed by atoms with E-state index in [0.29, 0.717) is 11.9 Å². The molecule has 4 atom stereocenters. The third-order valence-corrected chi connectivity index (χ3v) is 2.14. The van der Waals surface area contributed by atoms with Gasteiger partial charge >= 0.3 is 0 Å². The molecule has 0 bridgehead atoms. The Morgan fingerprint density at radius 3 is 2.62 bits per heavy atom. The molecule has 1 fully saturated rings. The predicted octanol–water partition coefficient (Wildman–Crippen LogP) is -1.16. The summed E-state index contributed by atoms with van der Waals surface area (Å²) in [5, 5.41) is 28.3. The van der Waals surface area contributed by atoms with Gasteiger partial charge < -0.3 is 24.8 Å². The van der Waals surface area contributed by atoms with E-state index < -0.39 is 24.6 Å². The van der Waals surface area contributed by atoms with E-state index in [4.69, 9.17) is 14.6 Å². The number of hydrogen-bond donors (Lipinski definition) is 3. The molecular weight excluding hydrogens is 244 g/mol. The van der Waals surface area contributed by atoms with E-state index in [-0.39, 0.29) is 6.61 Å². The first-order valence-electron chi connectivity index (χ1n) is 4.00. The van der Waals surface area contributed by atoms with Crippen LogP contribution in [0.2, 0.25) is 0 Å². The third kappa shape index (κ3) is 2.87. The molecular formula is C7H13BrO5. The molecule has 1 rings (SSSR count). The Morgan fingerprint density at radius 2 is 2.00 bits per heavy atom. The monoisotopic (exact) mass is 256 g/mol. The second kappa shape index (κ2) is 5.23. The van der Waals surface area contributed by atoms with Crippen molar-refractivity contribution < 1.29 is 24.8 Å². The zero-order valence-corrected chi connectivity index (χ0v) is 8.55. The van der Waals surface area contributed by atoms with Gasteiger partial charge in [-0.2, -0.15) is 0 Å². The molecule has 1 aliphatic rings. The van der Waals surface area contributed by atoms with Crippen molar-refractivity contribution in [1.29, 1.82) is 0 Å². The molecule has 1 aliphatic heterocycles. The number of hydrogen-bond acceptors (Lipinski definition) is 5. The molecule has 1 unspecified atom stereocenters. The van der Waals surface area contributed by atoms with Crippen LogP contribution in [0.3, 0.4) is 0 Å². The van der Waals surface area contributed by atoms with Crippen LogP contribution in [-0.4, -0.2) is 58.5 Å². The van der Waals surface area contributed by atoms with Gasteiger partial charge in [0.15, 0.2) is 6.29 Å². The highest BCUT2D eigenvalue weighted by atomic mass is 79.9.